The van der Waals surface area contributed by atoms with Gasteiger partial charge in [0, 0.05) is 57.2 Å². The standard InChI is InChI=1S/C21H29ClN6O/c1-17(18-6-3-7-19(22)16-18)26(2)21(29)25-10-5-11-27-12-14-28(15-13-27)20-23-8-4-9-24-20/h3-4,6-9,16-17H,5,10-15H2,1-2H3,(H,25,29). The third kappa shape index (κ3) is 6.05. The number of hydrogen-bond donors (Lipinski definition) is 1. The predicted octanol–water partition coefficient (Wildman–Crippen LogP) is 3.04. The van der Waals surface area contributed by atoms with Gasteiger partial charge in [0.1, 0.15) is 0 Å². The van der Waals surface area contributed by atoms with Crippen LogP contribution in [-0.4, -0.2) is 72.1 Å². The van der Waals surface area contributed by atoms with Crippen molar-refractivity contribution in [3.63, 3.8) is 0 Å². The highest BCUT2D eigenvalue weighted by molar-refractivity contribution is 6.30. The Morgan fingerprint density at radius 3 is 2.62 bits per heavy atom. The molecule has 1 N–H and O–H groups in total. The number of amides is 2. The first-order valence-corrected chi connectivity index (χ1v) is 10.4. The first-order valence-electron chi connectivity index (χ1n) is 10.0. The van der Waals surface area contributed by atoms with Crippen molar-refractivity contribution in [3.8, 4) is 0 Å². The maximum absolute atomic E-state index is 12.4. The first kappa shape index (κ1) is 21.3. The number of urea groups is 1. The maximum Gasteiger partial charge on any atom is 0.317 e. The molecule has 2 aromatic rings. The second kappa shape index (κ2) is 10.4. The van der Waals surface area contributed by atoms with Crippen LogP contribution in [0.15, 0.2) is 42.7 Å². The zero-order valence-electron chi connectivity index (χ0n) is 17.1. The first-order chi connectivity index (χ1) is 14.0. The molecule has 7 nitrogen and oxygen atoms in total. The van der Waals surface area contributed by atoms with Gasteiger partial charge in [-0.15, -0.1) is 0 Å². The molecule has 1 aliphatic rings. The number of carbonyl (C=O) groups is 1. The number of aromatic nitrogens is 2. The quantitative estimate of drug-likeness (QED) is 0.703. The number of rotatable bonds is 7. The lowest BCUT2D eigenvalue weighted by Crippen LogP contribution is -2.47. The van der Waals surface area contributed by atoms with Crippen LogP contribution >= 0.6 is 11.6 Å². The van der Waals surface area contributed by atoms with E-state index in [1.165, 1.54) is 0 Å². The molecule has 2 amide bonds. The smallest absolute Gasteiger partial charge is 0.317 e. The molecule has 1 saturated heterocycles. The SMILES string of the molecule is CC(c1cccc(Cl)c1)N(C)C(=O)NCCCN1CCN(c2ncccn2)CC1. The van der Waals surface area contributed by atoms with Crippen LogP contribution < -0.4 is 10.2 Å². The van der Waals surface area contributed by atoms with Crippen molar-refractivity contribution in [2.75, 3.05) is 51.2 Å². The normalized spacial score (nSPS) is 15.8. The molecule has 0 bridgehead atoms. The molecule has 1 atom stereocenters. The Morgan fingerprint density at radius 2 is 1.93 bits per heavy atom. The van der Waals surface area contributed by atoms with E-state index in [4.69, 9.17) is 11.6 Å². The highest BCUT2D eigenvalue weighted by Crippen LogP contribution is 2.21. The molecule has 1 fully saturated rings. The fourth-order valence-electron chi connectivity index (χ4n) is 3.41. The van der Waals surface area contributed by atoms with Gasteiger partial charge in [-0.25, -0.2) is 14.8 Å². The van der Waals surface area contributed by atoms with Gasteiger partial charge in [-0.2, -0.15) is 0 Å². The Bertz CT molecular complexity index is 782. The minimum Gasteiger partial charge on any atom is -0.338 e. The van der Waals surface area contributed by atoms with E-state index >= 15 is 0 Å². The van der Waals surface area contributed by atoms with Crippen LogP contribution in [0.4, 0.5) is 10.7 Å². The van der Waals surface area contributed by atoms with E-state index in [2.05, 4.69) is 25.1 Å². The van der Waals surface area contributed by atoms with Gasteiger partial charge >= 0.3 is 6.03 Å². The zero-order chi connectivity index (χ0) is 20.6. The summed E-state index contributed by atoms with van der Waals surface area (Å²) in [6, 6.07) is 9.36. The molecule has 2 heterocycles. The Kier molecular flexibility index (Phi) is 7.66. The molecule has 1 aliphatic heterocycles. The molecule has 0 spiro atoms. The van der Waals surface area contributed by atoms with E-state index < -0.39 is 0 Å². The molecule has 1 unspecified atom stereocenters. The van der Waals surface area contributed by atoms with Crippen molar-refractivity contribution in [1.29, 1.82) is 0 Å². The van der Waals surface area contributed by atoms with Crippen molar-refractivity contribution < 1.29 is 4.79 Å². The van der Waals surface area contributed by atoms with Crippen molar-refractivity contribution in [1.82, 2.24) is 25.1 Å². The average Bonchev–Trinajstić information content (AvgIpc) is 2.76. The van der Waals surface area contributed by atoms with E-state index in [1.54, 1.807) is 17.3 Å². The summed E-state index contributed by atoms with van der Waals surface area (Å²) in [5.41, 5.74) is 1.02. The summed E-state index contributed by atoms with van der Waals surface area (Å²) in [5.74, 6) is 0.802. The van der Waals surface area contributed by atoms with Crippen LogP contribution in [0.2, 0.25) is 5.02 Å². The molecule has 0 aliphatic carbocycles. The Hall–Kier alpha value is -2.38. The molecule has 8 heteroatoms. The highest BCUT2D eigenvalue weighted by atomic mass is 35.5. The van der Waals surface area contributed by atoms with Crippen molar-refractivity contribution in [3.05, 3.63) is 53.3 Å². The van der Waals surface area contributed by atoms with Crippen molar-refractivity contribution in [2.45, 2.75) is 19.4 Å². The Labute approximate surface area is 177 Å². The molecule has 1 aromatic heterocycles. The summed E-state index contributed by atoms with van der Waals surface area (Å²) in [6.45, 7) is 7.45. The molecule has 156 valence electrons. The average molecular weight is 417 g/mol. The number of piperazine rings is 1. The predicted molar refractivity (Wildman–Crippen MR) is 116 cm³/mol. The molecule has 0 saturated carbocycles. The minimum absolute atomic E-state index is 0.0398. The summed E-state index contributed by atoms with van der Waals surface area (Å²) in [5, 5.41) is 3.70. The molecular weight excluding hydrogens is 388 g/mol. The number of halogens is 1. The Balaban J connectivity index is 1.34. The molecule has 0 radical (unpaired) electrons. The van der Waals surface area contributed by atoms with Gasteiger partial charge in [-0.1, -0.05) is 23.7 Å². The van der Waals surface area contributed by atoms with Crippen LogP contribution in [0.1, 0.15) is 24.9 Å². The number of hydrogen-bond acceptors (Lipinski definition) is 5. The summed E-state index contributed by atoms with van der Waals surface area (Å²) in [4.78, 5) is 27.4. The van der Waals surface area contributed by atoms with Crippen LogP contribution in [0, 0.1) is 0 Å². The number of nitrogens with one attached hydrogen (secondary N) is 1. The minimum atomic E-state index is -0.0662. The van der Waals surface area contributed by atoms with E-state index in [0.717, 1.165) is 50.7 Å². The summed E-state index contributed by atoms with van der Waals surface area (Å²) >= 11 is 6.06. The molecule has 29 heavy (non-hydrogen) atoms. The number of anilines is 1. The third-order valence-corrected chi connectivity index (χ3v) is 5.60. The summed E-state index contributed by atoms with van der Waals surface area (Å²) in [6.07, 6.45) is 4.48. The fourth-order valence-corrected chi connectivity index (χ4v) is 3.61. The lowest BCUT2D eigenvalue weighted by atomic mass is 10.1. The summed E-state index contributed by atoms with van der Waals surface area (Å²) in [7, 11) is 1.81. The fraction of sp³-hybridized carbons (Fsp3) is 0.476. The Morgan fingerprint density at radius 1 is 1.21 bits per heavy atom. The largest absolute Gasteiger partial charge is 0.338 e. The lowest BCUT2D eigenvalue weighted by Gasteiger charge is -2.34. The van der Waals surface area contributed by atoms with Crippen LogP contribution in [0.25, 0.3) is 0 Å². The van der Waals surface area contributed by atoms with Gasteiger partial charge in [0.2, 0.25) is 5.95 Å². The molecule has 1 aromatic carbocycles. The van der Waals surface area contributed by atoms with Crippen LogP contribution in [0.5, 0.6) is 0 Å². The van der Waals surface area contributed by atoms with Crippen LogP contribution in [-0.2, 0) is 0 Å². The second-order valence-electron chi connectivity index (χ2n) is 7.30. The van der Waals surface area contributed by atoms with E-state index in [-0.39, 0.29) is 12.1 Å². The topological polar surface area (TPSA) is 64.6 Å². The zero-order valence-corrected chi connectivity index (χ0v) is 17.8. The van der Waals surface area contributed by atoms with Gasteiger partial charge in [-0.3, -0.25) is 4.90 Å². The van der Waals surface area contributed by atoms with Crippen molar-refractivity contribution in [2.24, 2.45) is 0 Å². The van der Waals surface area contributed by atoms with Gasteiger partial charge in [-0.05, 0) is 43.7 Å². The van der Waals surface area contributed by atoms with Gasteiger partial charge < -0.3 is 15.1 Å². The van der Waals surface area contributed by atoms with Gasteiger partial charge in [0.15, 0.2) is 0 Å². The summed E-state index contributed by atoms with van der Waals surface area (Å²) < 4.78 is 0. The lowest BCUT2D eigenvalue weighted by molar-refractivity contribution is 0.193. The van der Waals surface area contributed by atoms with E-state index in [1.807, 2.05) is 44.3 Å². The number of nitrogens with zero attached hydrogens (tertiary/aromatic N) is 5. The third-order valence-electron chi connectivity index (χ3n) is 5.37. The van der Waals surface area contributed by atoms with E-state index in [9.17, 15) is 4.79 Å². The van der Waals surface area contributed by atoms with E-state index in [0.29, 0.717) is 11.6 Å². The monoisotopic (exact) mass is 416 g/mol. The molecular formula is C21H29ClN6O. The number of benzene rings is 1. The maximum atomic E-state index is 12.4. The van der Waals surface area contributed by atoms with Crippen LogP contribution in [0.3, 0.4) is 0 Å². The highest BCUT2D eigenvalue weighted by Gasteiger charge is 2.19. The molecule has 3 rings (SSSR count). The van der Waals surface area contributed by atoms with Gasteiger partial charge in [0.05, 0.1) is 6.04 Å². The van der Waals surface area contributed by atoms with Crippen molar-refractivity contribution >= 4 is 23.6 Å². The van der Waals surface area contributed by atoms with Gasteiger partial charge in [0.25, 0.3) is 0 Å². The second-order valence-corrected chi connectivity index (χ2v) is 7.74. The number of carbonyl (C=O) groups excluding carboxylic acids is 1.